The van der Waals surface area contributed by atoms with Gasteiger partial charge in [0.2, 0.25) is 0 Å². The Hall–Kier alpha value is -1.81. The number of pyridine rings is 1. The molecule has 39 heavy (non-hydrogen) atoms. The van der Waals surface area contributed by atoms with E-state index in [-0.39, 0.29) is 0 Å². The van der Waals surface area contributed by atoms with Crippen LogP contribution in [0, 0.1) is 6.92 Å². The van der Waals surface area contributed by atoms with Gasteiger partial charge < -0.3 is 0 Å². The summed E-state index contributed by atoms with van der Waals surface area (Å²) in [6, 6.07) is 34.8. The molecule has 0 saturated carbocycles. The fourth-order valence-electron chi connectivity index (χ4n) is 4.53. The van der Waals surface area contributed by atoms with Crippen LogP contribution in [0.3, 0.4) is 0 Å². The van der Waals surface area contributed by atoms with Gasteiger partial charge in [-0.3, -0.25) is 4.98 Å². The molecule has 198 valence electrons. The molecule has 6 heteroatoms. The Morgan fingerprint density at radius 2 is 1.33 bits per heavy atom. The topological polar surface area (TPSA) is 12.9 Å². The van der Waals surface area contributed by atoms with Gasteiger partial charge in [0.1, 0.15) is 0 Å². The van der Waals surface area contributed by atoms with E-state index < -0.39 is 28.9 Å². The fourth-order valence-corrected chi connectivity index (χ4v) is 5.70. The Morgan fingerprint density at radius 1 is 0.744 bits per heavy atom. The average Bonchev–Trinajstić information content (AvgIpc) is 3.53. The van der Waals surface area contributed by atoms with Gasteiger partial charge in [0, 0.05) is 21.1 Å². The predicted octanol–water partition coefficient (Wildman–Crippen LogP) is 10.3. The molecule has 5 aromatic carbocycles. The van der Waals surface area contributed by atoms with Gasteiger partial charge in [0.25, 0.3) is 0 Å². The number of aromatic nitrogens is 1. The van der Waals surface area contributed by atoms with E-state index in [0.29, 0.717) is 0 Å². The summed E-state index contributed by atoms with van der Waals surface area (Å²) in [6.07, 6.45) is 1.88. The van der Waals surface area contributed by atoms with Crippen LogP contribution in [0.25, 0.3) is 43.6 Å². The minimum atomic E-state index is -1.31. The van der Waals surface area contributed by atoms with Crippen molar-refractivity contribution in [2.45, 2.75) is 39.7 Å². The van der Waals surface area contributed by atoms with Crippen LogP contribution in [0.4, 0.5) is 0 Å². The van der Waals surface area contributed by atoms with Gasteiger partial charge in [-0.25, -0.2) is 0 Å². The van der Waals surface area contributed by atoms with Crippen LogP contribution in [0.2, 0.25) is 32.7 Å². The van der Waals surface area contributed by atoms with Crippen LogP contribution in [-0.4, -0.2) is 22.6 Å². The van der Waals surface area contributed by atoms with Crippen molar-refractivity contribution >= 4 is 72.3 Å². The van der Waals surface area contributed by atoms with E-state index in [1.165, 1.54) is 48.8 Å². The number of nitrogens with zero attached hydrogens (tertiary/aromatic N) is 1. The third-order valence-corrected chi connectivity index (χ3v) is 8.32. The summed E-state index contributed by atoms with van der Waals surface area (Å²) in [5.41, 5.74) is 4.94. The molecule has 0 N–H and O–H groups in total. The number of halogens is 2. The molecule has 1 nitrogen and oxygen atoms in total. The first-order chi connectivity index (χ1) is 18.7. The molecule has 0 aliphatic heterocycles. The number of fused-ring (bicyclic) bond motifs is 3. The van der Waals surface area contributed by atoms with Crippen LogP contribution < -0.4 is 5.19 Å². The third-order valence-electron chi connectivity index (χ3n) is 6.30. The van der Waals surface area contributed by atoms with Crippen molar-refractivity contribution in [3.63, 3.8) is 0 Å². The van der Waals surface area contributed by atoms with Gasteiger partial charge in [-0.15, -0.1) is 74.8 Å². The Morgan fingerprint density at radius 3 is 2.03 bits per heavy atom. The summed E-state index contributed by atoms with van der Waals surface area (Å²) in [7, 11) is 9.64. The maximum absolute atomic E-state index is 4.93. The zero-order chi connectivity index (χ0) is 28.4. The zero-order valence-electron chi connectivity index (χ0n) is 23.5. The van der Waals surface area contributed by atoms with E-state index in [4.69, 9.17) is 17.0 Å². The van der Waals surface area contributed by atoms with Crippen LogP contribution in [0.15, 0.2) is 103 Å². The van der Waals surface area contributed by atoms with Crippen molar-refractivity contribution < 1.29 is 20.8 Å². The molecule has 0 saturated heterocycles. The zero-order valence-corrected chi connectivity index (χ0v) is 29.5. The molecular weight excluding hydrogens is 629 g/mol. The van der Waals surface area contributed by atoms with E-state index in [1.54, 1.807) is 0 Å². The van der Waals surface area contributed by atoms with Gasteiger partial charge in [0.15, 0.2) is 0 Å². The van der Waals surface area contributed by atoms with E-state index in [9.17, 15) is 0 Å². The quantitative estimate of drug-likeness (QED) is 0.133. The molecule has 1 aromatic heterocycles. The number of para-hydroxylation sites is 1. The van der Waals surface area contributed by atoms with E-state index in [1.807, 2.05) is 12.3 Å². The number of benzene rings is 3. The number of hydrogen-bond acceptors (Lipinski definition) is 1. The molecule has 0 spiro atoms. The van der Waals surface area contributed by atoms with Crippen LogP contribution >= 0.6 is 17.0 Å². The minimum absolute atomic E-state index is 0.826. The predicted molar refractivity (Wildman–Crippen MR) is 177 cm³/mol. The molecule has 0 unspecified atom stereocenters. The number of aryl methyl sites for hydroxylation is 1. The summed E-state index contributed by atoms with van der Waals surface area (Å²) in [5.74, 6) is 0. The molecule has 1 heterocycles. The van der Waals surface area contributed by atoms with Crippen LogP contribution in [0.1, 0.15) is 5.56 Å². The molecule has 0 atom stereocenters. The SMILES string of the molecule is C[Si](C)(C)c1cc2c(-c3cccc4cccnc34)cccc2[cH-]1.C[Si]C.Cc1cc2ccccc2[cH-]1.[Cl][Zr+2][Cl]. The van der Waals surface area contributed by atoms with Gasteiger partial charge in [-0.2, -0.15) is 12.1 Å². The van der Waals surface area contributed by atoms with E-state index >= 15 is 0 Å². The molecule has 0 fully saturated rings. The third kappa shape index (κ3) is 8.59. The van der Waals surface area contributed by atoms with Crippen LogP contribution in [0.5, 0.6) is 0 Å². The molecule has 6 aromatic rings. The summed E-state index contributed by atoms with van der Waals surface area (Å²) in [6.45, 7) is 13.6. The number of hydrogen-bond donors (Lipinski definition) is 0. The van der Waals surface area contributed by atoms with E-state index in [2.05, 4.69) is 136 Å². The standard InChI is InChI=1S/C21H20NSi.C10H9.C2H6Si.2ClH.Zr/c1-23(2,3)17-13-16-8-5-10-18(20(16)14-17)19-11-4-7-15-9-6-12-22-21(15)19;1-8-6-9-4-2-3-5-10(9)7-8;1-3-2;;;/h4-14H,1-3H3;2-7H,1H3;1-2H3;2*1H;/q2*-1;;;;+4/p-2. The second kappa shape index (κ2) is 15.3. The first kappa shape index (κ1) is 31.7. The van der Waals surface area contributed by atoms with Crippen molar-refractivity contribution in [3.05, 3.63) is 109 Å². The Bertz CT molecular complexity index is 1570. The molecule has 0 bridgehead atoms. The van der Waals surface area contributed by atoms with Gasteiger partial charge >= 0.3 is 37.9 Å². The molecule has 2 radical (unpaired) electrons. The summed E-state index contributed by atoms with van der Waals surface area (Å²) in [5, 5.41) is 8.10. The Balaban J connectivity index is 0.000000217. The van der Waals surface area contributed by atoms with Crippen molar-refractivity contribution in [2.24, 2.45) is 0 Å². The number of rotatable bonds is 2. The molecule has 0 aliphatic rings. The first-order valence-electron chi connectivity index (χ1n) is 12.9. The van der Waals surface area contributed by atoms with Crippen molar-refractivity contribution in [3.8, 4) is 11.1 Å². The molecule has 0 amide bonds. The Labute approximate surface area is 255 Å². The van der Waals surface area contributed by atoms with Crippen molar-refractivity contribution in [2.75, 3.05) is 0 Å². The molecular formula is C33H35Cl2NSi2Zr. The van der Waals surface area contributed by atoms with E-state index in [0.717, 1.165) is 15.0 Å². The summed E-state index contributed by atoms with van der Waals surface area (Å²) in [4.78, 5) is 4.63. The summed E-state index contributed by atoms with van der Waals surface area (Å²) < 4.78 is 0. The van der Waals surface area contributed by atoms with Gasteiger partial charge in [-0.05, 0) is 11.6 Å². The summed E-state index contributed by atoms with van der Waals surface area (Å²) >= 11 is -0.826. The molecule has 6 rings (SSSR count). The van der Waals surface area contributed by atoms with Gasteiger partial charge in [0.05, 0.1) is 13.6 Å². The Kier molecular flexibility index (Phi) is 12.4. The first-order valence-corrected chi connectivity index (χ1v) is 24.8. The maximum atomic E-state index is 4.93. The van der Waals surface area contributed by atoms with Gasteiger partial charge in [-0.1, -0.05) is 81.6 Å². The fraction of sp³-hybridized carbons (Fsp3) is 0.182. The van der Waals surface area contributed by atoms with Crippen LogP contribution in [-0.2, 0) is 20.8 Å². The normalized spacial score (nSPS) is 10.6. The van der Waals surface area contributed by atoms with Crippen molar-refractivity contribution in [1.82, 2.24) is 4.98 Å². The average molecular weight is 664 g/mol. The monoisotopic (exact) mass is 661 g/mol. The second-order valence-electron chi connectivity index (χ2n) is 10.4. The molecule has 0 aliphatic carbocycles. The van der Waals surface area contributed by atoms with Crippen molar-refractivity contribution in [1.29, 1.82) is 0 Å². The second-order valence-corrected chi connectivity index (χ2v) is 20.2.